The standard InChI is InChI=1S/C16H21NO3/c1-20-13-6-2-11-3-7-15(14(11)10-13)17(12-4-5-12)9-8-16(18)19/h2,6,10,12,15H,3-5,7-9H2,1H3,(H,18,19). The fraction of sp³-hybridized carbons (Fsp3) is 0.562. The quantitative estimate of drug-likeness (QED) is 0.867. The summed E-state index contributed by atoms with van der Waals surface area (Å²) in [5.41, 5.74) is 2.72. The van der Waals surface area contributed by atoms with Crippen molar-refractivity contribution in [3.05, 3.63) is 29.3 Å². The van der Waals surface area contributed by atoms with Crippen LogP contribution in [0.4, 0.5) is 0 Å². The number of aryl methyl sites for hydroxylation is 1. The van der Waals surface area contributed by atoms with Crippen molar-refractivity contribution in [2.24, 2.45) is 0 Å². The first-order chi connectivity index (χ1) is 9.69. The van der Waals surface area contributed by atoms with Crippen LogP contribution in [0.5, 0.6) is 5.75 Å². The topological polar surface area (TPSA) is 49.8 Å². The molecule has 4 nitrogen and oxygen atoms in total. The van der Waals surface area contributed by atoms with Crippen LogP contribution in [0.1, 0.15) is 42.9 Å². The Bertz CT molecular complexity index is 510. The van der Waals surface area contributed by atoms with Crippen LogP contribution in [0.15, 0.2) is 18.2 Å². The van der Waals surface area contributed by atoms with Crippen molar-refractivity contribution in [3.8, 4) is 5.75 Å². The zero-order valence-electron chi connectivity index (χ0n) is 11.8. The second-order valence-electron chi connectivity index (χ2n) is 5.73. The predicted molar refractivity (Wildman–Crippen MR) is 76.0 cm³/mol. The predicted octanol–water partition coefficient (Wildman–Crippen LogP) is 2.62. The van der Waals surface area contributed by atoms with Crippen LogP contribution in [-0.2, 0) is 11.2 Å². The molecule has 0 radical (unpaired) electrons. The van der Waals surface area contributed by atoms with Crippen molar-refractivity contribution in [2.45, 2.75) is 44.2 Å². The van der Waals surface area contributed by atoms with Gasteiger partial charge in [0.2, 0.25) is 0 Å². The fourth-order valence-corrected chi connectivity index (χ4v) is 3.25. The minimum atomic E-state index is -0.709. The van der Waals surface area contributed by atoms with E-state index in [2.05, 4.69) is 17.0 Å². The summed E-state index contributed by atoms with van der Waals surface area (Å²) in [6, 6.07) is 7.24. The number of fused-ring (bicyclic) bond motifs is 1. The van der Waals surface area contributed by atoms with E-state index >= 15 is 0 Å². The molecule has 20 heavy (non-hydrogen) atoms. The molecule has 2 aliphatic carbocycles. The van der Waals surface area contributed by atoms with Crippen LogP contribution in [-0.4, -0.2) is 35.7 Å². The van der Waals surface area contributed by atoms with Crippen LogP contribution in [0.3, 0.4) is 0 Å². The van der Waals surface area contributed by atoms with E-state index in [1.54, 1.807) is 7.11 Å². The van der Waals surface area contributed by atoms with Gasteiger partial charge in [-0.2, -0.15) is 0 Å². The number of aliphatic carboxylic acids is 1. The van der Waals surface area contributed by atoms with Crippen LogP contribution < -0.4 is 4.74 Å². The molecule has 0 heterocycles. The number of rotatable bonds is 6. The van der Waals surface area contributed by atoms with Crippen LogP contribution >= 0.6 is 0 Å². The van der Waals surface area contributed by atoms with Gasteiger partial charge in [-0.25, -0.2) is 0 Å². The number of carboxylic acid groups (broad SMARTS) is 1. The van der Waals surface area contributed by atoms with E-state index in [0.717, 1.165) is 18.6 Å². The highest BCUT2D eigenvalue weighted by Gasteiger charge is 2.37. The number of nitrogens with zero attached hydrogens (tertiary/aromatic N) is 1. The maximum absolute atomic E-state index is 10.9. The minimum Gasteiger partial charge on any atom is -0.497 e. The lowest BCUT2D eigenvalue weighted by Gasteiger charge is -2.29. The summed E-state index contributed by atoms with van der Waals surface area (Å²) in [6.45, 7) is 0.654. The van der Waals surface area contributed by atoms with Gasteiger partial charge in [-0.05, 0) is 48.9 Å². The summed E-state index contributed by atoms with van der Waals surface area (Å²) < 4.78 is 5.33. The Morgan fingerprint density at radius 3 is 2.85 bits per heavy atom. The molecule has 1 N–H and O–H groups in total. The lowest BCUT2D eigenvalue weighted by Crippen LogP contribution is -2.32. The smallest absolute Gasteiger partial charge is 0.304 e. The zero-order chi connectivity index (χ0) is 14.1. The van der Waals surface area contributed by atoms with E-state index in [9.17, 15) is 4.79 Å². The summed E-state index contributed by atoms with van der Waals surface area (Å²) in [5.74, 6) is 0.184. The molecule has 1 fully saturated rings. The van der Waals surface area contributed by atoms with Gasteiger partial charge in [-0.1, -0.05) is 6.07 Å². The number of methoxy groups -OCH3 is 1. The van der Waals surface area contributed by atoms with Gasteiger partial charge in [-0.15, -0.1) is 0 Å². The molecule has 0 saturated heterocycles. The van der Waals surface area contributed by atoms with Crippen LogP contribution in [0.25, 0.3) is 0 Å². The number of carboxylic acids is 1. The number of ether oxygens (including phenoxy) is 1. The normalized spacial score (nSPS) is 21.0. The van der Waals surface area contributed by atoms with Gasteiger partial charge in [0.25, 0.3) is 0 Å². The summed E-state index contributed by atoms with van der Waals surface area (Å²) in [7, 11) is 1.69. The SMILES string of the molecule is COc1ccc2c(c1)C(N(CCC(=O)O)C1CC1)CC2. The first-order valence-corrected chi connectivity index (χ1v) is 7.33. The van der Waals surface area contributed by atoms with Gasteiger partial charge in [0.15, 0.2) is 0 Å². The molecule has 0 aliphatic heterocycles. The van der Waals surface area contributed by atoms with E-state index in [1.165, 1.54) is 24.0 Å². The van der Waals surface area contributed by atoms with Gasteiger partial charge in [0, 0.05) is 18.6 Å². The van der Waals surface area contributed by atoms with Crippen LogP contribution in [0.2, 0.25) is 0 Å². The number of hydrogen-bond acceptors (Lipinski definition) is 3. The molecule has 1 aromatic rings. The molecule has 0 amide bonds. The second kappa shape index (κ2) is 5.44. The van der Waals surface area contributed by atoms with E-state index in [4.69, 9.17) is 9.84 Å². The number of benzene rings is 1. The minimum absolute atomic E-state index is 0.228. The molecule has 3 rings (SSSR count). The first-order valence-electron chi connectivity index (χ1n) is 7.33. The van der Waals surface area contributed by atoms with Gasteiger partial charge in [-0.3, -0.25) is 9.69 Å². The molecule has 1 unspecified atom stereocenters. The summed E-state index contributed by atoms with van der Waals surface area (Å²) in [5, 5.41) is 8.94. The monoisotopic (exact) mass is 275 g/mol. The van der Waals surface area contributed by atoms with E-state index in [1.807, 2.05) is 6.07 Å². The molecular formula is C16H21NO3. The van der Waals surface area contributed by atoms with Crippen molar-refractivity contribution in [3.63, 3.8) is 0 Å². The van der Waals surface area contributed by atoms with E-state index in [-0.39, 0.29) is 6.42 Å². The molecule has 4 heteroatoms. The molecule has 2 aliphatic rings. The molecule has 1 aromatic carbocycles. The largest absolute Gasteiger partial charge is 0.497 e. The average Bonchev–Trinajstić information content (AvgIpc) is 3.19. The van der Waals surface area contributed by atoms with Crippen molar-refractivity contribution in [2.75, 3.05) is 13.7 Å². The fourth-order valence-electron chi connectivity index (χ4n) is 3.25. The average molecular weight is 275 g/mol. The van der Waals surface area contributed by atoms with Crippen molar-refractivity contribution < 1.29 is 14.6 Å². The number of carbonyl (C=O) groups is 1. The van der Waals surface area contributed by atoms with Gasteiger partial charge in [0.05, 0.1) is 13.5 Å². The molecule has 108 valence electrons. The van der Waals surface area contributed by atoms with E-state index in [0.29, 0.717) is 18.6 Å². The molecule has 0 bridgehead atoms. The highest BCUT2D eigenvalue weighted by molar-refractivity contribution is 5.66. The lowest BCUT2D eigenvalue weighted by atomic mass is 10.1. The van der Waals surface area contributed by atoms with Crippen molar-refractivity contribution in [1.29, 1.82) is 0 Å². The lowest BCUT2D eigenvalue weighted by molar-refractivity contribution is -0.137. The van der Waals surface area contributed by atoms with Gasteiger partial charge in [0.1, 0.15) is 5.75 Å². The van der Waals surface area contributed by atoms with Crippen molar-refractivity contribution >= 4 is 5.97 Å². The Morgan fingerprint density at radius 1 is 1.40 bits per heavy atom. The van der Waals surface area contributed by atoms with Crippen LogP contribution in [0, 0.1) is 0 Å². The molecule has 1 saturated carbocycles. The first kappa shape index (κ1) is 13.4. The molecule has 0 spiro atoms. The zero-order valence-corrected chi connectivity index (χ0v) is 11.8. The highest BCUT2D eigenvalue weighted by atomic mass is 16.5. The third kappa shape index (κ3) is 2.66. The Labute approximate surface area is 119 Å². The van der Waals surface area contributed by atoms with Gasteiger partial charge >= 0.3 is 5.97 Å². The molecular weight excluding hydrogens is 254 g/mol. The van der Waals surface area contributed by atoms with E-state index < -0.39 is 5.97 Å². The number of hydrogen-bond donors (Lipinski definition) is 1. The Kier molecular flexibility index (Phi) is 3.66. The Hall–Kier alpha value is -1.55. The third-order valence-corrected chi connectivity index (χ3v) is 4.40. The summed E-state index contributed by atoms with van der Waals surface area (Å²) in [4.78, 5) is 13.3. The maximum atomic E-state index is 10.9. The second-order valence-corrected chi connectivity index (χ2v) is 5.73. The summed E-state index contributed by atoms with van der Waals surface area (Å²) >= 11 is 0. The molecule has 1 atom stereocenters. The summed E-state index contributed by atoms with van der Waals surface area (Å²) in [6.07, 6.45) is 4.82. The third-order valence-electron chi connectivity index (χ3n) is 4.40. The Balaban J connectivity index is 1.81. The van der Waals surface area contributed by atoms with Gasteiger partial charge < -0.3 is 9.84 Å². The molecule has 0 aromatic heterocycles. The maximum Gasteiger partial charge on any atom is 0.304 e. The highest BCUT2D eigenvalue weighted by Crippen LogP contribution is 2.42. The Morgan fingerprint density at radius 2 is 2.20 bits per heavy atom. The van der Waals surface area contributed by atoms with Crippen molar-refractivity contribution in [1.82, 2.24) is 4.90 Å².